The van der Waals surface area contributed by atoms with Gasteiger partial charge in [-0.05, 0) is 30.5 Å². The highest BCUT2D eigenvalue weighted by molar-refractivity contribution is 5.81. The van der Waals surface area contributed by atoms with E-state index in [4.69, 9.17) is 10.5 Å². The normalized spacial score (nSPS) is 10.7. The third kappa shape index (κ3) is 2.57. The average molecular weight is 259 g/mol. The molecule has 0 amide bonds. The number of nitrogen functional groups attached to an aromatic ring is 1. The van der Waals surface area contributed by atoms with Crippen LogP contribution < -0.4 is 10.5 Å². The highest BCUT2D eigenvalue weighted by atomic mass is 16.5. The zero-order valence-electron chi connectivity index (χ0n) is 11.8. The number of ether oxygens (including phenoxy) is 1. The number of hydrogen-bond donors (Lipinski definition) is 2. The number of H-pyrrole nitrogens is 1. The van der Waals surface area contributed by atoms with Gasteiger partial charge in [0.1, 0.15) is 5.75 Å². The number of aromatic nitrogens is 2. The minimum atomic E-state index is 0.537. The summed E-state index contributed by atoms with van der Waals surface area (Å²) in [6, 6.07) is 6.22. The minimum Gasteiger partial charge on any atom is -0.496 e. The molecule has 4 nitrogen and oxygen atoms in total. The number of nitrogens with one attached hydrogen (secondary N) is 1. The van der Waals surface area contributed by atoms with E-state index < -0.39 is 0 Å². The fourth-order valence-corrected chi connectivity index (χ4v) is 2.30. The molecule has 0 saturated carbocycles. The topological polar surface area (TPSA) is 63.9 Å². The van der Waals surface area contributed by atoms with Crippen molar-refractivity contribution in [1.82, 2.24) is 10.2 Å². The summed E-state index contributed by atoms with van der Waals surface area (Å²) in [4.78, 5) is 0. The fourth-order valence-electron chi connectivity index (χ4n) is 2.30. The van der Waals surface area contributed by atoms with Crippen molar-refractivity contribution in [2.45, 2.75) is 33.1 Å². The molecule has 102 valence electrons. The average Bonchev–Trinajstić information content (AvgIpc) is 2.79. The Morgan fingerprint density at radius 1 is 1.32 bits per heavy atom. The van der Waals surface area contributed by atoms with Crippen LogP contribution in [0, 0.1) is 0 Å². The molecule has 0 saturated heterocycles. The lowest BCUT2D eigenvalue weighted by Crippen LogP contribution is -1.95. The summed E-state index contributed by atoms with van der Waals surface area (Å²) in [5, 5.41) is 7.17. The molecule has 0 aliphatic rings. The number of methoxy groups -OCH3 is 1. The van der Waals surface area contributed by atoms with Gasteiger partial charge >= 0.3 is 0 Å². The van der Waals surface area contributed by atoms with Crippen LogP contribution in [0.15, 0.2) is 18.2 Å². The second-order valence-electron chi connectivity index (χ2n) is 4.60. The maximum Gasteiger partial charge on any atom is 0.153 e. The van der Waals surface area contributed by atoms with Crippen LogP contribution >= 0.6 is 0 Å². The maximum atomic E-state index is 6.02. The summed E-state index contributed by atoms with van der Waals surface area (Å²) in [6.07, 6.45) is 2.96. The standard InChI is InChI=1S/C15H21N3O/c1-4-6-12-14(15(16)18-17-12)11-9-10(5-2)7-8-13(11)19-3/h7-9H,4-6H2,1-3H3,(H3,16,17,18). The van der Waals surface area contributed by atoms with E-state index in [1.807, 2.05) is 6.07 Å². The van der Waals surface area contributed by atoms with E-state index in [1.54, 1.807) is 7.11 Å². The Balaban J connectivity index is 2.59. The van der Waals surface area contributed by atoms with Crippen molar-refractivity contribution in [2.24, 2.45) is 0 Å². The van der Waals surface area contributed by atoms with Gasteiger partial charge in [0.05, 0.1) is 12.7 Å². The van der Waals surface area contributed by atoms with Gasteiger partial charge in [-0.3, -0.25) is 5.10 Å². The molecule has 1 aromatic heterocycles. The SMILES string of the molecule is CCCc1[nH]nc(N)c1-c1cc(CC)ccc1OC. The molecule has 4 heteroatoms. The number of hydrogen-bond acceptors (Lipinski definition) is 3. The van der Waals surface area contributed by atoms with Crippen LogP contribution in [0.4, 0.5) is 5.82 Å². The first-order valence-corrected chi connectivity index (χ1v) is 6.71. The third-order valence-electron chi connectivity index (χ3n) is 3.31. The number of aromatic amines is 1. The Morgan fingerprint density at radius 3 is 2.74 bits per heavy atom. The predicted octanol–water partition coefficient (Wildman–Crippen LogP) is 3.18. The number of aryl methyl sites for hydroxylation is 2. The van der Waals surface area contributed by atoms with Gasteiger partial charge in [-0.25, -0.2) is 0 Å². The van der Waals surface area contributed by atoms with Crippen LogP contribution in [0.2, 0.25) is 0 Å². The molecule has 0 radical (unpaired) electrons. The summed E-state index contributed by atoms with van der Waals surface area (Å²) in [5.41, 5.74) is 10.4. The summed E-state index contributed by atoms with van der Waals surface area (Å²) in [7, 11) is 1.68. The van der Waals surface area contributed by atoms with E-state index in [0.717, 1.165) is 41.8 Å². The molecule has 0 bridgehead atoms. The van der Waals surface area contributed by atoms with Gasteiger partial charge in [-0.15, -0.1) is 0 Å². The number of benzene rings is 1. The monoisotopic (exact) mass is 259 g/mol. The van der Waals surface area contributed by atoms with Gasteiger partial charge in [0.25, 0.3) is 0 Å². The first-order valence-electron chi connectivity index (χ1n) is 6.71. The summed E-state index contributed by atoms with van der Waals surface area (Å²) < 4.78 is 5.46. The van der Waals surface area contributed by atoms with Crippen molar-refractivity contribution in [3.63, 3.8) is 0 Å². The third-order valence-corrected chi connectivity index (χ3v) is 3.31. The van der Waals surface area contributed by atoms with Crippen LogP contribution in [0.25, 0.3) is 11.1 Å². The van der Waals surface area contributed by atoms with Crippen LogP contribution in [0.3, 0.4) is 0 Å². The summed E-state index contributed by atoms with van der Waals surface area (Å²) >= 11 is 0. The Bertz CT molecular complexity index is 561. The van der Waals surface area contributed by atoms with E-state index in [-0.39, 0.29) is 0 Å². The molecule has 1 aromatic carbocycles. The molecular formula is C15H21N3O. The van der Waals surface area contributed by atoms with Crippen LogP contribution in [0.1, 0.15) is 31.5 Å². The van der Waals surface area contributed by atoms with Crippen molar-refractivity contribution in [3.8, 4) is 16.9 Å². The fraction of sp³-hybridized carbons (Fsp3) is 0.400. The van der Waals surface area contributed by atoms with Crippen molar-refractivity contribution >= 4 is 5.82 Å². The molecule has 2 aromatic rings. The molecule has 0 aliphatic heterocycles. The van der Waals surface area contributed by atoms with Gasteiger partial charge in [-0.1, -0.05) is 26.3 Å². The highest BCUT2D eigenvalue weighted by Crippen LogP contribution is 2.36. The zero-order chi connectivity index (χ0) is 13.8. The minimum absolute atomic E-state index is 0.537. The lowest BCUT2D eigenvalue weighted by atomic mass is 9.99. The molecule has 0 spiro atoms. The van der Waals surface area contributed by atoms with Crippen LogP contribution in [-0.2, 0) is 12.8 Å². The molecule has 19 heavy (non-hydrogen) atoms. The van der Waals surface area contributed by atoms with Crippen LogP contribution in [-0.4, -0.2) is 17.3 Å². The van der Waals surface area contributed by atoms with Crippen LogP contribution in [0.5, 0.6) is 5.75 Å². The first kappa shape index (κ1) is 13.5. The Kier molecular flexibility index (Phi) is 4.10. The van der Waals surface area contributed by atoms with Crippen molar-refractivity contribution in [3.05, 3.63) is 29.5 Å². The summed E-state index contributed by atoms with van der Waals surface area (Å²) in [6.45, 7) is 4.28. The van der Waals surface area contributed by atoms with Crippen molar-refractivity contribution < 1.29 is 4.74 Å². The molecule has 0 fully saturated rings. The predicted molar refractivity (Wildman–Crippen MR) is 78.4 cm³/mol. The number of anilines is 1. The first-order chi connectivity index (χ1) is 9.21. The lowest BCUT2D eigenvalue weighted by molar-refractivity contribution is 0.416. The molecule has 2 rings (SSSR count). The highest BCUT2D eigenvalue weighted by Gasteiger charge is 2.16. The van der Waals surface area contributed by atoms with E-state index in [0.29, 0.717) is 5.82 Å². The summed E-state index contributed by atoms with van der Waals surface area (Å²) in [5.74, 6) is 1.37. The lowest BCUT2D eigenvalue weighted by Gasteiger charge is -2.11. The quantitative estimate of drug-likeness (QED) is 0.866. The van der Waals surface area contributed by atoms with E-state index in [1.165, 1.54) is 5.56 Å². The van der Waals surface area contributed by atoms with Gasteiger partial charge < -0.3 is 10.5 Å². The number of rotatable bonds is 5. The Hall–Kier alpha value is -1.97. The molecule has 0 atom stereocenters. The van der Waals surface area contributed by atoms with Gasteiger partial charge in [-0.2, -0.15) is 5.10 Å². The van der Waals surface area contributed by atoms with Crippen molar-refractivity contribution in [2.75, 3.05) is 12.8 Å². The molecule has 3 N–H and O–H groups in total. The van der Waals surface area contributed by atoms with Crippen molar-refractivity contribution in [1.29, 1.82) is 0 Å². The Morgan fingerprint density at radius 2 is 2.11 bits per heavy atom. The number of nitrogens with two attached hydrogens (primary N) is 1. The largest absolute Gasteiger partial charge is 0.496 e. The second kappa shape index (κ2) is 5.78. The smallest absolute Gasteiger partial charge is 0.153 e. The van der Waals surface area contributed by atoms with E-state index >= 15 is 0 Å². The molecule has 0 unspecified atom stereocenters. The molecule has 1 heterocycles. The van der Waals surface area contributed by atoms with Gasteiger partial charge in [0.15, 0.2) is 5.82 Å². The molecular weight excluding hydrogens is 238 g/mol. The van der Waals surface area contributed by atoms with E-state index in [9.17, 15) is 0 Å². The Labute approximate surface area is 114 Å². The zero-order valence-corrected chi connectivity index (χ0v) is 11.8. The maximum absolute atomic E-state index is 6.02. The number of nitrogens with zero attached hydrogens (tertiary/aromatic N) is 1. The van der Waals surface area contributed by atoms with Gasteiger partial charge in [0, 0.05) is 11.3 Å². The van der Waals surface area contributed by atoms with E-state index in [2.05, 4.69) is 36.2 Å². The van der Waals surface area contributed by atoms with Gasteiger partial charge in [0.2, 0.25) is 0 Å². The molecule has 0 aliphatic carbocycles. The second-order valence-corrected chi connectivity index (χ2v) is 4.60.